The molecule has 1 aromatic carbocycles. The molecule has 20 heavy (non-hydrogen) atoms. The molecule has 0 bridgehead atoms. The van der Waals surface area contributed by atoms with Gasteiger partial charge >= 0.3 is 0 Å². The highest BCUT2D eigenvalue weighted by atomic mass is 35.5. The van der Waals surface area contributed by atoms with Crippen LogP contribution in [0.3, 0.4) is 0 Å². The Kier molecular flexibility index (Phi) is 4.75. The van der Waals surface area contributed by atoms with Crippen molar-refractivity contribution in [2.24, 2.45) is 0 Å². The largest absolute Gasteiger partial charge is 0.399 e. The van der Waals surface area contributed by atoms with Gasteiger partial charge in [-0.15, -0.1) is 0 Å². The molecule has 1 atom stereocenters. The van der Waals surface area contributed by atoms with Crippen molar-refractivity contribution in [2.45, 2.75) is 12.0 Å². The maximum Gasteiger partial charge on any atom is 0.253 e. The number of methoxy groups -OCH3 is 1. The Balaban J connectivity index is 2.09. The fourth-order valence-corrected chi connectivity index (χ4v) is 2.50. The number of carbonyl (C=O) groups excluding carboxylic acids is 1. The number of nitrogens with two attached hydrogens (primary N) is 1. The number of amides is 1. The SMILES string of the molecule is COC1(CNC(=O)c2cc(N)cc(Cl)c2Cl)CCOC1. The second-order valence-corrected chi connectivity index (χ2v) is 5.52. The average molecular weight is 319 g/mol. The molecule has 0 saturated carbocycles. The Bertz CT molecular complexity index is 517. The summed E-state index contributed by atoms with van der Waals surface area (Å²) >= 11 is 11.9. The van der Waals surface area contributed by atoms with Crippen LogP contribution in [0.2, 0.25) is 10.0 Å². The van der Waals surface area contributed by atoms with Gasteiger partial charge in [0.15, 0.2) is 0 Å². The van der Waals surface area contributed by atoms with E-state index in [9.17, 15) is 4.79 Å². The first-order valence-electron chi connectivity index (χ1n) is 6.13. The lowest BCUT2D eigenvalue weighted by Gasteiger charge is -2.26. The van der Waals surface area contributed by atoms with Crippen molar-refractivity contribution in [2.75, 3.05) is 32.6 Å². The van der Waals surface area contributed by atoms with Gasteiger partial charge < -0.3 is 20.5 Å². The van der Waals surface area contributed by atoms with E-state index in [-0.39, 0.29) is 21.5 Å². The monoisotopic (exact) mass is 318 g/mol. The standard InChI is InChI=1S/C13H16Cl2N2O3/c1-19-13(2-3-20-7-13)6-17-12(18)9-4-8(16)5-10(14)11(9)15/h4-5H,2-3,6-7,16H2,1H3,(H,17,18). The van der Waals surface area contributed by atoms with Crippen molar-refractivity contribution in [1.29, 1.82) is 0 Å². The van der Waals surface area contributed by atoms with Crippen molar-refractivity contribution >= 4 is 34.8 Å². The zero-order valence-corrected chi connectivity index (χ0v) is 12.6. The third-order valence-electron chi connectivity index (χ3n) is 3.37. The summed E-state index contributed by atoms with van der Waals surface area (Å²) in [6.07, 6.45) is 0.731. The van der Waals surface area contributed by atoms with Crippen molar-refractivity contribution in [3.05, 3.63) is 27.7 Å². The molecule has 5 nitrogen and oxygen atoms in total. The highest BCUT2D eigenvalue weighted by molar-refractivity contribution is 6.44. The summed E-state index contributed by atoms with van der Waals surface area (Å²) in [6, 6.07) is 3.00. The summed E-state index contributed by atoms with van der Waals surface area (Å²) in [7, 11) is 1.60. The van der Waals surface area contributed by atoms with E-state index in [2.05, 4.69) is 5.32 Å². The summed E-state index contributed by atoms with van der Waals surface area (Å²) in [5, 5.41) is 3.23. The lowest BCUT2D eigenvalue weighted by atomic mass is 10.0. The van der Waals surface area contributed by atoms with Gasteiger partial charge in [-0.1, -0.05) is 23.2 Å². The molecular weight excluding hydrogens is 303 g/mol. The van der Waals surface area contributed by atoms with Crippen LogP contribution in [0.5, 0.6) is 0 Å². The summed E-state index contributed by atoms with van der Waals surface area (Å²) in [5.41, 5.74) is 5.83. The topological polar surface area (TPSA) is 73.6 Å². The van der Waals surface area contributed by atoms with Crippen LogP contribution in [0.15, 0.2) is 12.1 Å². The van der Waals surface area contributed by atoms with E-state index >= 15 is 0 Å². The van der Waals surface area contributed by atoms with Crippen LogP contribution in [-0.4, -0.2) is 38.4 Å². The number of ether oxygens (including phenoxy) is 2. The van der Waals surface area contributed by atoms with Gasteiger partial charge in [-0.3, -0.25) is 4.79 Å². The Morgan fingerprint density at radius 2 is 2.30 bits per heavy atom. The maximum atomic E-state index is 12.2. The molecule has 0 aromatic heterocycles. The minimum atomic E-state index is -0.480. The van der Waals surface area contributed by atoms with Crippen LogP contribution in [0.1, 0.15) is 16.8 Å². The number of nitrogen functional groups attached to an aromatic ring is 1. The predicted octanol–water partition coefficient (Wildman–Crippen LogP) is 2.11. The number of rotatable bonds is 4. The molecule has 0 spiro atoms. The summed E-state index contributed by atoms with van der Waals surface area (Å²) < 4.78 is 10.7. The highest BCUT2D eigenvalue weighted by Gasteiger charge is 2.35. The van der Waals surface area contributed by atoms with Crippen LogP contribution in [-0.2, 0) is 9.47 Å². The van der Waals surface area contributed by atoms with Gasteiger partial charge in [-0.05, 0) is 12.1 Å². The van der Waals surface area contributed by atoms with E-state index < -0.39 is 5.60 Å². The van der Waals surface area contributed by atoms with Crippen molar-refractivity contribution < 1.29 is 14.3 Å². The third-order valence-corrected chi connectivity index (χ3v) is 4.17. The summed E-state index contributed by atoms with van der Waals surface area (Å²) in [4.78, 5) is 12.2. The van der Waals surface area contributed by atoms with Crippen molar-refractivity contribution in [1.82, 2.24) is 5.32 Å². The Morgan fingerprint density at radius 1 is 1.55 bits per heavy atom. The molecule has 1 fully saturated rings. The van der Waals surface area contributed by atoms with Crippen molar-refractivity contribution in [3.63, 3.8) is 0 Å². The molecule has 110 valence electrons. The third kappa shape index (κ3) is 3.17. The van der Waals surface area contributed by atoms with Crippen LogP contribution in [0, 0.1) is 0 Å². The molecule has 1 aliphatic rings. The first kappa shape index (κ1) is 15.4. The fraction of sp³-hybridized carbons (Fsp3) is 0.462. The number of hydrogen-bond donors (Lipinski definition) is 2. The number of nitrogens with one attached hydrogen (secondary N) is 1. The molecule has 2 rings (SSSR count). The lowest BCUT2D eigenvalue weighted by Crippen LogP contribution is -2.45. The lowest BCUT2D eigenvalue weighted by molar-refractivity contribution is -0.0148. The average Bonchev–Trinajstić information content (AvgIpc) is 2.89. The van der Waals surface area contributed by atoms with Crippen LogP contribution >= 0.6 is 23.2 Å². The first-order valence-corrected chi connectivity index (χ1v) is 6.89. The minimum Gasteiger partial charge on any atom is -0.399 e. The van der Waals surface area contributed by atoms with E-state index in [1.165, 1.54) is 12.1 Å². The van der Waals surface area contributed by atoms with E-state index in [0.29, 0.717) is 25.4 Å². The molecule has 0 radical (unpaired) electrons. The van der Waals surface area contributed by atoms with Gasteiger partial charge in [-0.2, -0.15) is 0 Å². The molecule has 1 amide bonds. The predicted molar refractivity (Wildman–Crippen MR) is 78.4 cm³/mol. The molecule has 1 aliphatic heterocycles. The second-order valence-electron chi connectivity index (χ2n) is 4.74. The number of carbonyl (C=O) groups is 1. The van der Waals surface area contributed by atoms with Gasteiger partial charge in [0.1, 0.15) is 5.60 Å². The molecule has 1 unspecified atom stereocenters. The molecule has 3 N–H and O–H groups in total. The van der Waals surface area contributed by atoms with E-state index in [4.69, 9.17) is 38.4 Å². The number of benzene rings is 1. The molecule has 1 heterocycles. The van der Waals surface area contributed by atoms with Gasteiger partial charge in [-0.25, -0.2) is 0 Å². The number of hydrogen-bond acceptors (Lipinski definition) is 4. The van der Waals surface area contributed by atoms with Gasteiger partial charge in [0.2, 0.25) is 0 Å². The molecular formula is C13H16Cl2N2O3. The van der Waals surface area contributed by atoms with Crippen LogP contribution in [0.25, 0.3) is 0 Å². The summed E-state index contributed by atoms with van der Waals surface area (Å²) in [6.45, 7) is 1.41. The normalized spacial score (nSPS) is 21.9. The van der Waals surface area contributed by atoms with Crippen LogP contribution in [0.4, 0.5) is 5.69 Å². The van der Waals surface area contributed by atoms with E-state index in [1.807, 2.05) is 0 Å². The minimum absolute atomic E-state index is 0.188. The molecule has 1 aromatic rings. The summed E-state index contributed by atoms with van der Waals surface area (Å²) in [5.74, 6) is -0.340. The Hall–Kier alpha value is -1.01. The zero-order chi connectivity index (χ0) is 14.8. The van der Waals surface area contributed by atoms with Gasteiger partial charge in [0.05, 0.1) is 22.2 Å². The zero-order valence-electron chi connectivity index (χ0n) is 11.0. The van der Waals surface area contributed by atoms with E-state index in [1.54, 1.807) is 7.11 Å². The van der Waals surface area contributed by atoms with E-state index in [0.717, 1.165) is 6.42 Å². The second kappa shape index (κ2) is 6.18. The van der Waals surface area contributed by atoms with Gasteiger partial charge in [0.25, 0.3) is 5.91 Å². The van der Waals surface area contributed by atoms with Crippen LogP contribution < -0.4 is 11.1 Å². The molecule has 7 heteroatoms. The number of halogens is 2. The number of anilines is 1. The van der Waals surface area contributed by atoms with Gasteiger partial charge in [0, 0.05) is 32.4 Å². The Labute approximate surface area is 127 Å². The Morgan fingerprint density at radius 3 is 2.90 bits per heavy atom. The fourth-order valence-electron chi connectivity index (χ4n) is 2.07. The highest BCUT2D eigenvalue weighted by Crippen LogP contribution is 2.29. The quantitative estimate of drug-likeness (QED) is 0.834. The molecule has 1 saturated heterocycles. The maximum absolute atomic E-state index is 12.2. The molecule has 0 aliphatic carbocycles. The first-order chi connectivity index (χ1) is 9.47. The smallest absolute Gasteiger partial charge is 0.253 e. The van der Waals surface area contributed by atoms with Crippen molar-refractivity contribution in [3.8, 4) is 0 Å².